The first-order valence-corrected chi connectivity index (χ1v) is 8.28. The molecule has 1 amide bonds. The van der Waals surface area contributed by atoms with Gasteiger partial charge in [-0.25, -0.2) is 0 Å². The average Bonchev–Trinajstić information content (AvgIpc) is 2.45. The molecule has 0 saturated carbocycles. The largest absolute Gasteiger partial charge is 0.375 e. The number of carbonyl (C=O) groups excluding carboxylic acids is 1. The highest BCUT2D eigenvalue weighted by Crippen LogP contribution is 2.23. The molecule has 0 aromatic rings. The Balaban J connectivity index is 0.00000242. The van der Waals surface area contributed by atoms with Crippen LogP contribution < -0.4 is 10.6 Å². The van der Waals surface area contributed by atoms with Gasteiger partial charge in [-0.05, 0) is 46.1 Å². The number of likely N-dealkylation sites (tertiary alicyclic amines) is 1. The Kier molecular flexibility index (Phi) is 10.0. The van der Waals surface area contributed by atoms with Gasteiger partial charge in [0.05, 0.1) is 12.7 Å². The van der Waals surface area contributed by atoms with Crippen LogP contribution in [0.4, 0.5) is 0 Å². The molecule has 5 nitrogen and oxygen atoms in total. The fourth-order valence-electron chi connectivity index (χ4n) is 3.29. The van der Waals surface area contributed by atoms with Gasteiger partial charge in [-0.3, -0.25) is 9.69 Å². The third-order valence-electron chi connectivity index (χ3n) is 4.81. The van der Waals surface area contributed by atoms with Crippen molar-refractivity contribution in [3.05, 3.63) is 0 Å². The van der Waals surface area contributed by atoms with E-state index < -0.39 is 0 Å². The Morgan fingerprint density at radius 1 is 1.35 bits per heavy atom. The minimum Gasteiger partial charge on any atom is -0.375 e. The fraction of sp³-hybridized carbons (Fsp3) is 0.938. The maximum Gasteiger partial charge on any atom is 0.239 e. The number of carbonyl (C=O) groups is 1. The Hall–Kier alpha value is -0.0700. The van der Waals surface area contributed by atoms with Crippen molar-refractivity contribution in [2.75, 3.05) is 32.8 Å². The highest BCUT2D eigenvalue weighted by Gasteiger charge is 2.33. The fourth-order valence-corrected chi connectivity index (χ4v) is 3.29. The summed E-state index contributed by atoms with van der Waals surface area (Å²) >= 11 is 0. The maximum atomic E-state index is 12.3. The third kappa shape index (κ3) is 6.39. The van der Waals surface area contributed by atoms with Gasteiger partial charge in [0.1, 0.15) is 6.04 Å². The van der Waals surface area contributed by atoms with Crippen molar-refractivity contribution in [2.24, 2.45) is 5.92 Å². The lowest BCUT2D eigenvalue weighted by molar-refractivity contribution is -0.129. The molecule has 0 bridgehead atoms. The van der Waals surface area contributed by atoms with Crippen molar-refractivity contribution in [3.63, 3.8) is 0 Å². The number of hydrogen-bond acceptors (Lipinski definition) is 4. The van der Waals surface area contributed by atoms with Crippen molar-refractivity contribution in [1.82, 2.24) is 15.5 Å². The Labute approximate surface area is 153 Å². The van der Waals surface area contributed by atoms with E-state index in [9.17, 15) is 4.79 Å². The van der Waals surface area contributed by atoms with Gasteiger partial charge in [0, 0.05) is 25.2 Å². The minimum atomic E-state index is -0.227. The van der Waals surface area contributed by atoms with Crippen LogP contribution in [0.25, 0.3) is 0 Å². The number of morpholine rings is 1. The number of halogens is 2. The van der Waals surface area contributed by atoms with Gasteiger partial charge in [0.25, 0.3) is 0 Å². The highest BCUT2D eigenvalue weighted by molar-refractivity contribution is 5.85. The molecule has 23 heavy (non-hydrogen) atoms. The zero-order chi connectivity index (χ0) is 15.5. The summed E-state index contributed by atoms with van der Waals surface area (Å²) in [5, 5.41) is 6.35. The molecule has 2 heterocycles. The standard InChI is InChI=1S/C16H31N3O2.2ClH/c1-12-6-5-8-19(10-12)16(3,4)11-18-15(20)14-13(2)21-9-7-17-14;;/h12-14,17H,5-11H2,1-4H3,(H,18,20);2*1H/t12?,13-,14+;;/m1../s1. The van der Waals surface area contributed by atoms with E-state index >= 15 is 0 Å². The number of piperidine rings is 1. The Morgan fingerprint density at radius 3 is 2.65 bits per heavy atom. The molecule has 2 aliphatic rings. The van der Waals surface area contributed by atoms with E-state index in [2.05, 4.69) is 36.3 Å². The molecule has 0 radical (unpaired) electrons. The van der Waals surface area contributed by atoms with E-state index in [4.69, 9.17) is 4.74 Å². The second-order valence-corrected chi connectivity index (χ2v) is 7.23. The lowest BCUT2D eigenvalue weighted by Crippen LogP contribution is -2.59. The smallest absolute Gasteiger partial charge is 0.239 e. The molecule has 138 valence electrons. The van der Waals surface area contributed by atoms with Gasteiger partial charge >= 0.3 is 0 Å². The van der Waals surface area contributed by atoms with E-state index in [1.807, 2.05) is 6.92 Å². The summed E-state index contributed by atoms with van der Waals surface area (Å²) in [5.74, 6) is 0.808. The summed E-state index contributed by atoms with van der Waals surface area (Å²) in [7, 11) is 0. The SMILES string of the molecule is CC1CCCN(C(C)(C)CNC(=O)[C@H]2NCCO[C@@H]2C)C1.Cl.Cl. The van der Waals surface area contributed by atoms with Crippen LogP contribution in [-0.2, 0) is 9.53 Å². The van der Waals surface area contributed by atoms with Crippen LogP contribution in [0, 0.1) is 5.92 Å². The summed E-state index contributed by atoms with van der Waals surface area (Å²) in [6.45, 7) is 13.1. The number of ether oxygens (including phenoxy) is 1. The van der Waals surface area contributed by atoms with Crippen LogP contribution >= 0.6 is 24.8 Å². The van der Waals surface area contributed by atoms with E-state index in [0.717, 1.165) is 25.6 Å². The summed E-state index contributed by atoms with van der Waals surface area (Å²) < 4.78 is 5.54. The molecule has 0 aromatic heterocycles. The second kappa shape index (κ2) is 10.0. The molecule has 0 aromatic carbocycles. The third-order valence-corrected chi connectivity index (χ3v) is 4.81. The summed E-state index contributed by atoms with van der Waals surface area (Å²) in [4.78, 5) is 14.8. The lowest BCUT2D eigenvalue weighted by Gasteiger charge is -2.43. The number of nitrogens with zero attached hydrogens (tertiary/aromatic N) is 1. The van der Waals surface area contributed by atoms with Crippen molar-refractivity contribution in [2.45, 2.75) is 58.2 Å². The van der Waals surface area contributed by atoms with Crippen LogP contribution in [0.3, 0.4) is 0 Å². The number of amides is 1. The molecule has 2 saturated heterocycles. The monoisotopic (exact) mass is 369 g/mol. The van der Waals surface area contributed by atoms with E-state index in [1.54, 1.807) is 0 Å². The molecule has 0 aliphatic carbocycles. The normalized spacial score (nSPS) is 29.1. The van der Waals surface area contributed by atoms with Crippen LogP contribution in [0.2, 0.25) is 0 Å². The first-order chi connectivity index (χ1) is 9.90. The Bertz CT molecular complexity index is 369. The van der Waals surface area contributed by atoms with Gasteiger partial charge in [0.15, 0.2) is 0 Å². The molecule has 3 atom stereocenters. The van der Waals surface area contributed by atoms with Gasteiger partial charge in [0.2, 0.25) is 5.91 Å². The van der Waals surface area contributed by atoms with Gasteiger partial charge < -0.3 is 15.4 Å². The first-order valence-electron chi connectivity index (χ1n) is 8.28. The van der Waals surface area contributed by atoms with E-state index in [-0.39, 0.29) is 48.4 Å². The number of hydrogen-bond donors (Lipinski definition) is 2. The maximum absolute atomic E-state index is 12.3. The number of rotatable bonds is 4. The zero-order valence-electron chi connectivity index (χ0n) is 14.8. The number of nitrogens with one attached hydrogen (secondary N) is 2. The summed E-state index contributed by atoms with van der Waals surface area (Å²) in [6, 6.07) is -0.227. The molecule has 0 spiro atoms. The molecule has 7 heteroatoms. The molecule has 2 rings (SSSR count). The predicted octanol–water partition coefficient (Wildman–Crippen LogP) is 1.83. The van der Waals surface area contributed by atoms with Crippen molar-refractivity contribution >= 4 is 30.7 Å². The van der Waals surface area contributed by atoms with Gasteiger partial charge in [-0.2, -0.15) is 0 Å². The van der Waals surface area contributed by atoms with Crippen LogP contribution in [0.5, 0.6) is 0 Å². The van der Waals surface area contributed by atoms with Crippen molar-refractivity contribution in [3.8, 4) is 0 Å². The second-order valence-electron chi connectivity index (χ2n) is 7.23. The highest BCUT2D eigenvalue weighted by atomic mass is 35.5. The van der Waals surface area contributed by atoms with Crippen LogP contribution in [0.15, 0.2) is 0 Å². The van der Waals surface area contributed by atoms with Crippen molar-refractivity contribution < 1.29 is 9.53 Å². The Morgan fingerprint density at radius 2 is 2.04 bits per heavy atom. The molecular weight excluding hydrogens is 337 g/mol. The van der Waals surface area contributed by atoms with Crippen molar-refractivity contribution in [1.29, 1.82) is 0 Å². The van der Waals surface area contributed by atoms with E-state index in [0.29, 0.717) is 13.2 Å². The molecule has 2 N–H and O–H groups in total. The predicted molar refractivity (Wildman–Crippen MR) is 98.8 cm³/mol. The molecule has 2 fully saturated rings. The quantitative estimate of drug-likeness (QED) is 0.793. The van der Waals surface area contributed by atoms with Gasteiger partial charge in [-0.1, -0.05) is 6.92 Å². The molecule has 1 unspecified atom stereocenters. The zero-order valence-corrected chi connectivity index (χ0v) is 16.4. The van der Waals surface area contributed by atoms with Crippen LogP contribution in [-0.4, -0.2) is 61.3 Å². The first kappa shape index (κ1) is 22.9. The topological polar surface area (TPSA) is 53.6 Å². The van der Waals surface area contributed by atoms with E-state index in [1.165, 1.54) is 12.8 Å². The average molecular weight is 370 g/mol. The van der Waals surface area contributed by atoms with Gasteiger partial charge in [-0.15, -0.1) is 24.8 Å². The van der Waals surface area contributed by atoms with Crippen LogP contribution in [0.1, 0.15) is 40.5 Å². The molecule has 2 aliphatic heterocycles. The lowest BCUT2D eigenvalue weighted by atomic mass is 9.93. The summed E-state index contributed by atoms with van der Waals surface area (Å²) in [5.41, 5.74) is 0.00308. The summed E-state index contributed by atoms with van der Waals surface area (Å²) in [6.07, 6.45) is 2.52. The molecular formula is C16H33Cl2N3O2. The minimum absolute atomic E-state index is 0.